The van der Waals surface area contributed by atoms with Crippen LogP contribution in [0.2, 0.25) is 0 Å². The molecule has 0 radical (unpaired) electrons. The zero-order valence-corrected chi connectivity index (χ0v) is 8.50. The van der Waals surface area contributed by atoms with E-state index in [1.165, 1.54) is 6.92 Å². The van der Waals surface area contributed by atoms with Crippen molar-refractivity contribution in [3.05, 3.63) is 0 Å². The van der Waals surface area contributed by atoms with Crippen molar-refractivity contribution in [3.63, 3.8) is 0 Å². The molecule has 88 valence electrons. The number of ether oxygens (including phenoxy) is 2. The fraction of sp³-hybridized carbons (Fsp3) is 0.889. The Morgan fingerprint density at radius 3 is 2.67 bits per heavy atom. The molecule has 6 nitrogen and oxygen atoms in total. The van der Waals surface area contributed by atoms with E-state index in [9.17, 15) is 15.0 Å². The van der Waals surface area contributed by atoms with Gasteiger partial charge in [-0.25, -0.2) is 0 Å². The Labute approximate surface area is 87.4 Å². The van der Waals surface area contributed by atoms with Crippen molar-refractivity contribution in [1.82, 2.24) is 0 Å². The maximum Gasteiger partial charge on any atom is 0.186 e. The highest BCUT2D eigenvalue weighted by molar-refractivity contribution is 5.75. The van der Waals surface area contributed by atoms with Gasteiger partial charge >= 0.3 is 0 Å². The molecule has 0 unspecified atom stereocenters. The molecule has 0 aliphatic carbocycles. The number of aliphatic hydroxyl groups is 3. The van der Waals surface area contributed by atoms with Crippen LogP contribution >= 0.6 is 0 Å². The smallest absolute Gasteiger partial charge is 0.186 e. The predicted molar refractivity (Wildman–Crippen MR) is 49.0 cm³/mol. The Morgan fingerprint density at radius 1 is 1.40 bits per heavy atom. The molecule has 3 N–H and O–H groups in total. The van der Waals surface area contributed by atoms with Crippen LogP contribution in [0.15, 0.2) is 0 Å². The van der Waals surface area contributed by atoms with Gasteiger partial charge in [0.1, 0.15) is 24.1 Å². The SMILES string of the molecule is CC(=O)CCO[C@@H]1OC[C@@H](O)[C@@H](O)[C@H]1O. The van der Waals surface area contributed by atoms with Gasteiger partial charge in [0.25, 0.3) is 0 Å². The van der Waals surface area contributed by atoms with Crippen LogP contribution in [0.25, 0.3) is 0 Å². The first-order valence-corrected chi connectivity index (χ1v) is 4.79. The molecule has 1 aliphatic heterocycles. The monoisotopic (exact) mass is 220 g/mol. The van der Waals surface area contributed by atoms with Gasteiger partial charge in [0.05, 0.1) is 13.2 Å². The molecule has 4 atom stereocenters. The van der Waals surface area contributed by atoms with E-state index in [4.69, 9.17) is 14.6 Å². The molecular formula is C9H16O6. The number of aliphatic hydroxyl groups excluding tert-OH is 3. The molecule has 1 aliphatic rings. The number of hydrogen-bond acceptors (Lipinski definition) is 6. The molecule has 1 rings (SSSR count). The number of hydrogen-bond donors (Lipinski definition) is 3. The second kappa shape index (κ2) is 5.53. The number of carbonyl (C=O) groups excluding carboxylic acids is 1. The molecule has 1 heterocycles. The molecule has 0 saturated carbocycles. The third-order valence-electron chi connectivity index (χ3n) is 2.19. The average Bonchev–Trinajstić information content (AvgIpc) is 2.18. The predicted octanol–water partition coefficient (Wildman–Crippen LogP) is -1.58. The molecule has 0 aromatic rings. The molecule has 0 aromatic heterocycles. The summed E-state index contributed by atoms with van der Waals surface area (Å²) in [5.41, 5.74) is 0. The second-order valence-corrected chi connectivity index (χ2v) is 3.57. The zero-order valence-electron chi connectivity index (χ0n) is 8.50. The Morgan fingerprint density at radius 2 is 2.07 bits per heavy atom. The zero-order chi connectivity index (χ0) is 11.4. The summed E-state index contributed by atoms with van der Waals surface area (Å²) in [5.74, 6) is -0.0270. The van der Waals surface area contributed by atoms with Gasteiger partial charge in [0, 0.05) is 6.42 Å². The largest absolute Gasteiger partial charge is 0.388 e. The summed E-state index contributed by atoms with van der Waals surface area (Å²) < 4.78 is 10.0. The summed E-state index contributed by atoms with van der Waals surface area (Å²) in [4.78, 5) is 10.6. The summed E-state index contributed by atoms with van der Waals surface area (Å²) in [6, 6.07) is 0. The van der Waals surface area contributed by atoms with E-state index in [0.717, 1.165) is 0 Å². The topological polar surface area (TPSA) is 96.2 Å². The minimum atomic E-state index is -1.29. The maximum atomic E-state index is 10.6. The van der Waals surface area contributed by atoms with Gasteiger partial charge < -0.3 is 24.8 Å². The molecule has 1 fully saturated rings. The molecule has 1 saturated heterocycles. The van der Waals surface area contributed by atoms with Crippen molar-refractivity contribution in [2.75, 3.05) is 13.2 Å². The van der Waals surface area contributed by atoms with Gasteiger partial charge in [-0.1, -0.05) is 0 Å². The highest BCUT2D eigenvalue weighted by Crippen LogP contribution is 2.16. The molecule has 15 heavy (non-hydrogen) atoms. The lowest BCUT2D eigenvalue weighted by atomic mass is 10.1. The standard InChI is InChI=1S/C9H16O6/c1-5(10)2-3-14-9-8(13)7(12)6(11)4-15-9/h6-9,11-13H,2-4H2,1H3/t6-,7-,8-,9-/m1/s1. The van der Waals surface area contributed by atoms with Gasteiger partial charge in [-0.2, -0.15) is 0 Å². The lowest BCUT2D eigenvalue weighted by molar-refractivity contribution is -0.269. The average molecular weight is 220 g/mol. The van der Waals surface area contributed by atoms with Crippen molar-refractivity contribution in [2.24, 2.45) is 0 Å². The van der Waals surface area contributed by atoms with E-state index in [2.05, 4.69) is 0 Å². The number of Topliss-reactive ketones (excluding diaryl/α,β-unsaturated/α-hetero) is 1. The maximum absolute atomic E-state index is 10.6. The summed E-state index contributed by atoms with van der Waals surface area (Å²) in [5, 5.41) is 27.9. The van der Waals surface area contributed by atoms with Crippen LogP contribution in [0.3, 0.4) is 0 Å². The third kappa shape index (κ3) is 3.51. The molecule has 0 aromatic carbocycles. The van der Waals surface area contributed by atoms with Gasteiger partial charge in [-0.3, -0.25) is 4.79 Å². The normalized spacial score (nSPS) is 36.5. The first kappa shape index (κ1) is 12.5. The summed E-state index contributed by atoms with van der Waals surface area (Å²) >= 11 is 0. The van der Waals surface area contributed by atoms with E-state index in [1.54, 1.807) is 0 Å². The molecule has 0 spiro atoms. The van der Waals surface area contributed by atoms with Crippen molar-refractivity contribution >= 4 is 5.78 Å². The van der Waals surface area contributed by atoms with Crippen molar-refractivity contribution in [1.29, 1.82) is 0 Å². The Kier molecular flexibility index (Phi) is 4.62. The Bertz CT molecular complexity index is 219. The Balaban J connectivity index is 2.32. The minimum Gasteiger partial charge on any atom is -0.388 e. The van der Waals surface area contributed by atoms with Gasteiger partial charge in [-0.05, 0) is 6.92 Å². The van der Waals surface area contributed by atoms with Crippen LogP contribution in [0.5, 0.6) is 0 Å². The van der Waals surface area contributed by atoms with Crippen LogP contribution in [0.4, 0.5) is 0 Å². The lowest BCUT2D eigenvalue weighted by Gasteiger charge is -2.34. The molecule has 0 bridgehead atoms. The van der Waals surface area contributed by atoms with E-state index >= 15 is 0 Å². The van der Waals surface area contributed by atoms with Gasteiger partial charge in [-0.15, -0.1) is 0 Å². The first-order valence-electron chi connectivity index (χ1n) is 4.79. The van der Waals surface area contributed by atoms with Crippen LogP contribution in [0.1, 0.15) is 13.3 Å². The van der Waals surface area contributed by atoms with Gasteiger partial charge in [0.15, 0.2) is 6.29 Å². The van der Waals surface area contributed by atoms with Crippen LogP contribution in [-0.2, 0) is 14.3 Å². The van der Waals surface area contributed by atoms with E-state index in [0.29, 0.717) is 0 Å². The number of carbonyl (C=O) groups is 1. The fourth-order valence-corrected chi connectivity index (χ4v) is 1.24. The van der Waals surface area contributed by atoms with Crippen molar-refractivity contribution in [2.45, 2.75) is 37.9 Å². The summed E-state index contributed by atoms with van der Waals surface area (Å²) in [7, 11) is 0. The molecule has 0 amide bonds. The quantitative estimate of drug-likeness (QED) is 0.529. The van der Waals surface area contributed by atoms with Crippen LogP contribution in [-0.4, -0.2) is 58.9 Å². The highest BCUT2D eigenvalue weighted by atomic mass is 16.7. The Hall–Kier alpha value is -0.530. The van der Waals surface area contributed by atoms with E-state index in [-0.39, 0.29) is 25.4 Å². The van der Waals surface area contributed by atoms with E-state index < -0.39 is 24.6 Å². The van der Waals surface area contributed by atoms with Crippen LogP contribution < -0.4 is 0 Å². The highest BCUT2D eigenvalue weighted by Gasteiger charge is 2.37. The minimum absolute atomic E-state index is 0.0270. The summed E-state index contributed by atoms with van der Waals surface area (Å²) in [6.07, 6.45) is -4.43. The number of rotatable bonds is 4. The van der Waals surface area contributed by atoms with Gasteiger partial charge in [0.2, 0.25) is 0 Å². The molecule has 6 heteroatoms. The first-order chi connectivity index (χ1) is 7.02. The van der Waals surface area contributed by atoms with Crippen molar-refractivity contribution < 1.29 is 29.6 Å². The van der Waals surface area contributed by atoms with Crippen LogP contribution in [0, 0.1) is 0 Å². The fourth-order valence-electron chi connectivity index (χ4n) is 1.24. The summed E-state index contributed by atoms with van der Waals surface area (Å²) in [6.45, 7) is 1.46. The van der Waals surface area contributed by atoms with Crippen molar-refractivity contribution in [3.8, 4) is 0 Å². The molecular weight excluding hydrogens is 204 g/mol. The third-order valence-corrected chi connectivity index (χ3v) is 2.19. The van der Waals surface area contributed by atoms with E-state index in [1.807, 2.05) is 0 Å². The lowest BCUT2D eigenvalue weighted by Crippen LogP contribution is -2.53. The number of ketones is 1. The second-order valence-electron chi connectivity index (χ2n) is 3.57.